The average Bonchev–Trinajstić information content (AvgIpc) is 2.65. The topological polar surface area (TPSA) is 91.6 Å². The lowest BCUT2D eigenvalue weighted by Gasteiger charge is -2.07. The summed E-state index contributed by atoms with van der Waals surface area (Å²) in [6, 6.07) is 8.48. The Morgan fingerprint density at radius 3 is 2.81 bits per heavy atom. The predicted molar refractivity (Wildman–Crippen MR) is 97.9 cm³/mol. The third-order valence-electron chi connectivity index (χ3n) is 3.31. The molecule has 0 aliphatic heterocycles. The van der Waals surface area contributed by atoms with E-state index in [4.69, 9.17) is 9.47 Å². The van der Waals surface area contributed by atoms with Gasteiger partial charge in [-0.25, -0.2) is 9.78 Å². The van der Waals surface area contributed by atoms with Gasteiger partial charge in [-0.2, -0.15) is 0 Å². The van der Waals surface area contributed by atoms with E-state index in [0.717, 1.165) is 17.8 Å². The van der Waals surface area contributed by atoms with Gasteiger partial charge in [0.2, 0.25) is 0 Å². The average molecular weight is 354 g/mol. The highest BCUT2D eigenvalue weighted by Crippen LogP contribution is 2.23. The summed E-state index contributed by atoms with van der Waals surface area (Å²) in [6.45, 7) is 5.78. The van der Waals surface area contributed by atoms with Gasteiger partial charge in [0, 0.05) is 11.6 Å². The molecule has 1 heterocycles. The molecule has 0 unspecified atom stereocenters. The molecule has 0 aliphatic rings. The summed E-state index contributed by atoms with van der Waals surface area (Å²) >= 11 is 0. The first-order chi connectivity index (χ1) is 12.6. The van der Waals surface area contributed by atoms with Crippen LogP contribution < -0.4 is 4.74 Å². The Balaban J connectivity index is 2.39. The molecule has 26 heavy (non-hydrogen) atoms. The van der Waals surface area contributed by atoms with Gasteiger partial charge >= 0.3 is 5.97 Å². The molecule has 0 N–H and O–H groups in total. The summed E-state index contributed by atoms with van der Waals surface area (Å²) in [5, 5.41) is 10.9. The maximum absolute atomic E-state index is 12.1. The van der Waals surface area contributed by atoms with E-state index in [0.29, 0.717) is 12.4 Å². The molecule has 0 spiro atoms. The summed E-state index contributed by atoms with van der Waals surface area (Å²) < 4.78 is 10.5. The molecular weight excluding hydrogens is 336 g/mol. The fourth-order valence-electron chi connectivity index (χ4n) is 2.14. The van der Waals surface area contributed by atoms with Crippen molar-refractivity contribution < 1.29 is 19.2 Å². The van der Waals surface area contributed by atoms with Gasteiger partial charge in [-0.15, -0.1) is 0 Å². The Morgan fingerprint density at radius 1 is 1.35 bits per heavy atom. The van der Waals surface area contributed by atoms with E-state index < -0.39 is 10.9 Å². The summed E-state index contributed by atoms with van der Waals surface area (Å²) in [5.74, 6) is -0.0252. The van der Waals surface area contributed by atoms with Crippen LogP contribution in [0.5, 0.6) is 5.75 Å². The zero-order valence-electron chi connectivity index (χ0n) is 14.3. The van der Waals surface area contributed by atoms with Crippen LogP contribution in [0.2, 0.25) is 0 Å². The van der Waals surface area contributed by atoms with Crippen molar-refractivity contribution in [2.75, 3.05) is 13.2 Å². The fraction of sp³-hybridized carbons (Fsp3) is 0.158. The van der Waals surface area contributed by atoms with Crippen molar-refractivity contribution in [2.45, 2.75) is 6.92 Å². The molecule has 7 nitrogen and oxygen atoms in total. The van der Waals surface area contributed by atoms with Crippen molar-refractivity contribution in [1.82, 2.24) is 4.98 Å². The molecule has 0 atom stereocenters. The third kappa shape index (κ3) is 4.76. The standard InChI is InChI=1S/C19H18N2O5/c1-3-11-26-18-8-6-5-7-14(18)9-10-17-16(19(22)25-4-2)12-15(13-20-17)21(23)24/h3,5-10,12-13H,1,4,11H2,2H3/b10-9+. The second-order valence-corrected chi connectivity index (χ2v) is 5.07. The van der Waals surface area contributed by atoms with Crippen molar-refractivity contribution in [2.24, 2.45) is 0 Å². The van der Waals surface area contributed by atoms with Gasteiger partial charge in [0.25, 0.3) is 5.69 Å². The lowest BCUT2D eigenvalue weighted by molar-refractivity contribution is -0.385. The van der Waals surface area contributed by atoms with Crippen LogP contribution in [0.3, 0.4) is 0 Å². The first kappa shape index (κ1) is 18.9. The van der Waals surface area contributed by atoms with Crippen molar-refractivity contribution >= 4 is 23.8 Å². The summed E-state index contributed by atoms with van der Waals surface area (Å²) in [4.78, 5) is 26.5. The molecule has 1 aromatic carbocycles. The SMILES string of the molecule is C=CCOc1ccccc1/C=C/c1ncc([N+](=O)[O-])cc1C(=O)OCC. The van der Waals surface area contributed by atoms with Crippen LogP contribution in [0, 0.1) is 10.1 Å². The van der Waals surface area contributed by atoms with Gasteiger partial charge in [-0.1, -0.05) is 30.9 Å². The number of benzene rings is 1. The first-order valence-electron chi connectivity index (χ1n) is 7.89. The van der Waals surface area contributed by atoms with E-state index in [1.165, 1.54) is 0 Å². The molecule has 134 valence electrons. The normalized spacial score (nSPS) is 10.5. The minimum atomic E-state index is -0.667. The largest absolute Gasteiger partial charge is 0.489 e. The number of hydrogen-bond acceptors (Lipinski definition) is 6. The Hall–Kier alpha value is -3.48. The van der Waals surface area contributed by atoms with Gasteiger partial charge in [0.15, 0.2) is 0 Å². The van der Waals surface area contributed by atoms with Crippen LogP contribution >= 0.6 is 0 Å². The maximum Gasteiger partial charge on any atom is 0.340 e. The van der Waals surface area contributed by atoms with E-state index in [1.54, 1.807) is 31.2 Å². The van der Waals surface area contributed by atoms with Crippen molar-refractivity contribution in [3.05, 3.63) is 76.1 Å². The van der Waals surface area contributed by atoms with Crippen LogP contribution in [-0.4, -0.2) is 29.1 Å². The molecule has 0 saturated heterocycles. The molecule has 2 aromatic rings. The third-order valence-corrected chi connectivity index (χ3v) is 3.31. The number of hydrogen-bond donors (Lipinski definition) is 0. The number of ether oxygens (including phenoxy) is 2. The Bertz CT molecular complexity index is 846. The first-order valence-corrected chi connectivity index (χ1v) is 7.89. The number of para-hydroxylation sites is 1. The minimum Gasteiger partial charge on any atom is -0.489 e. The van der Waals surface area contributed by atoms with Crippen LogP contribution in [0.25, 0.3) is 12.2 Å². The lowest BCUT2D eigenvalue weighted by Crippen LogP contribution is -2.08. The number of rotatable bonds is 8. The van der Waals surface area contributed by atoms with Gasteiger partial charge in [-0.3, -0.25) is 10.1 Å². The number of carbonyl (C=O) groups excluding carboxylic acids is 1. The molecule has 0 aliphatic carbocycles. The molecule has 0 fully saturated rings. The van der Waals surface area contributed by atoms with Crippen LogP contribution in [-0.2, 0) is 4.74 Å². The molecule has 7 heteroatoms. The molecule has 0 radical (unpaired) electrons. The second kappa shape index (κ2) is 9.12. The maximum atomic E-state index is 12.1. The van der Waals surface area contributed by atoms with E-state index >= 15 is 0 Å². The second-order valence-electron chi connectivity index (χ2n) is 5.07. The molecule has 0 bridgehead atoms. The van der Waals surface area contributed by atoms with Crippen LogP contribution in [0.15, 0.2) is 49.2 Å². The van der Waals surface area contributed by atoms with E-state index in [1.807, 2.05) is 18.2 Å². The summed E-state index contributed by atoms with van der Waals surface area (Å²) in [7, 11) is 0. The van der Waals surface area contributed by atoms with Crippen molar-refractivity contribution in [3.8, 4) is 5.75 Å². The number of pyridine rings is 1. The molecule has 1 aromatic heterocycles. The van der Waals surface area contributed by atoms with Gasteiger partial charge in [0.1, 0.15) is 18.6 Å². The Labute approximate surface area is 150 Å². The number of nitrogens with zero attached hydrogens (tertiary/aromatic N) is 2. The molecule has 2 rings (SSSR count). The predicted octanol–water partition coefficient (Wildman–Crippen LogP) is 3.90. The number of nitro groups is 1. The van der Waals surface area contributed by atoms with Gasteiger partial charge in [-0.05, 0) is 25.1 Å². The highest BCUT2D eigenvalue weighted by molar-refractivity contribution is 5.94. The highest BCUT2D eigenvalue weighted by atomic mass is 16.6. The number of carbonyl (C=O) groups is 1. The lowest BCUT2D eigenvalue weighted by atomic mass is 10.1. The summed E-state index contributed by atoms with van der Waals surface area (Å²) in [5.41, 5.74) is 0.790. The number of esters is 1. The summed E-state index contributed by atoms with van der Waals surface area (Å²) in [6.07, 6.45) is 6.04. The van der Waals surface area contributed by atoms with Crippen LogP contribution in [0.1, 0.15) is 28.5 Å². The molecule has 0 amide bonds. The van der Waals surface area contributed by atoms with E-state index in [2.05, 4.69) is 11.6 Å². The van der Waals surface area contributed by atoms with E-state index in [-0.39, 0.29) is 23.6 Å². The monoisotopic (exact) mass is 354 g/mol. The highest BCUT2D eigenvalue weighted by Gasteiger charge is 2.17. The van der Waals surface area contributed by atoms with Crippen LogP contribution in [0.4, 0.5) is 5.69 Å². The Morgan fingerprint density at radius 2 is 2.12 bits per heavy atom. The molecule has 0 saturated carbocycles. The number of aromatic nitrogens is 1. The minimum absolute atomic E-state index is 0.0294. The fourth-order valence-corrected chi connectivity index (χ4v) is 2.14. The molecular formula is C19H18N2O5. The smallest absolute Gasteiger partial charge is 0.340 e. The van der Waals surface area contributed by atoms with Crippen molar-refractivity contribution in [1.29, 1.82) is 0 Å². The van der Waals surface area contributed by atoms with Crippen molar-refractivity contribution in [3.63, 3.8) is 0 Å². The van der Waals surface area contributed by atoms with Gasteiger partial charge < -0.3 is 9.47 Å². The van der Waals surface area contributed by atoms with Gasteiger partial charge in [0.05, 0.1) is 22.8 Å². The Kier molecular flexibility index (Phi) is 6.61. The zero-order chi connectivity index (χ0) is 18.9. The zero-order valence-corrected chi connectivity index (χ0v) is 14.3. The quantitative estimate of drug-likeness (QED) is 0.309. The van der Waals surface area contributed by atoms with E-state index in [9.17, 15) is 14.9 Å².